The summed E-state index contributed by atoms with van der Waals surface area (Å²) in [4.78, 5) is 12.3. The molecule has 134 valence electrons. The van der Waals surface area contributed by atoms with Gasteiger partial charge in [-0.3, -0.25) is 4.79 Å². The highest BCUT2D eigenvalue weighted by molar-refractivity contribution is 6.10. The molecule has 1 aromatic heterocycles. The average Bonchev–Trinajstić information content (AvgIpc) is 2.71. The zero-order chi connectivity index (χ0) is 18.8. The SMILES string of the molecule is CCCNC(=O)c1nnc2c(-c3cccc4ccccc34)cccc2c1N. The number of nitrogens with zero attached hydrogens (tertiary/aromatic N) is 2. The van der Waals surface area contributed by atoms with Gasteiger partial charge in [0, 0.05) is 17.5 Å². The van der Waals surface area contributed by atoms with Crippen molar-refractivity contribution in [2.45, 2.75) is 13.3 Å². The third-order valence-electron chi connectivity index (χ3n) is 4.66. The van der Waals surface area contributed by atoms with Crippen LogP contribution in [0.5, 0.6) is 0 Å². The Balaban J connectivity index is 1.91. The van der Waals surface area contributed by atoms with Crippen LogP contribution in [0.15, 0.2) is 60.7 Å². The van der Waals surface area contributed by atoms with E-state index in [9.17, 15) is 4.79 Å². The summed E-state index contributed by atoms with van der Waals surface area (Å²) < 4.78 is 0. The molecule has 0 bridgehead atoms. The Kier molecular flexibility index (Phi) is 4.42. The van der Waals surface area contributed by atoms with Crippen LogP contribution in [0.25, 0.3) is 32.8 Å². The second-order valence-electron chi connectivity index (χ2n) is 6.45. The van der Waals surface area contributed by atoms with Crippen LogP contribution in [-0.2, 0) is 0 Å². The van der Waals surface area contributed by atoms with Gasteiger partial charge in [0.1, 0.15) is 5.52 Å². The number of amides is 1. The average molecular weight is 356 g/mol. The van der Waals surface area contributed by atoms with E-state index >= 15 is 0 Å². The minimum atomic E-state index is -0.292. The highest BCUT2D eigenvalue weighted by Crippen LogP contribution is 2.34. The summed E-state index contributed by atoms with van der Waals surface area (Å²) >= 11 is 0. The van der Waals surface area contributed by atoms with Crippen LogP contribution in [0.4, 0.5) is 5.69 Å². The molecule has 5 heteroatoms. The number of nitrogen functional groups attached to an aromatic ring is 1. The van der Waals surface area contributed by atoms with Gasteiger partial charge in [-0.25, -0.2) is 0 Å². The molecule has 3 aromatic carbocycles. The second kappa shape index (κ2) is 7.03. The van der Waals surface area contributed by atoms with E-state index in [1.54, 1.807) is 0 Å². The molecule has 0 saturated carbocycles. The topological polar surface area (TPSA) is 80.9 Å². The van der Waals surface area contributed by atoms with Gasteiger partial charge >= 0.3 is 0 Å². The van der Waals surface area contributed by atoms with Crippen LogP contribution in [0.1, 0.15) is 23.8 Å². The molecule has 27 heavy (non-hydrogen) atoms. The molecule has 0 aliphatic carbocycles. The van der Waals surface area contributed by atoms with Gasteiger partial charge in [0.25, 0.3) is 5.91 Å². The Hall–Kier alpha value is -3.47. The predicted molar refractivity (Wildman–Crippen MR) is 110 cm³/mol. The number of benzene rings is 3. The van der Waals surface area contributed by atoms with Crippen LogP contribution >= 0.6 is 0 Å². The van der Waals surface area contributed by atoms with Gasteiger partial charge in [-0.05, 0) is 22.8 Å². The molecular formula is C22H20N4O. The molecule has 0 fully saturated rings. The first-order chi connectivity index (χ1) is 13.2. The molecule has 0 atom stereocenters. The van der Waals surface area contributed by atoms with Gasteiger partial charge < -0.3 is 11.1 Å². The molecule has 4 rings (SSSR count). The standard InChI is InChI=1S/C22H20N4O/c1-2-13-24-22(27)21-19(23)18-12-6-11-17(20(18)25-26-21)16-10-5-8-14-7-3-4-9-15(14)16/h3-12H,2,13H2,1H3,(H2,23,25)(H,24,27). The van der Waals surface area contributed by atoms with Crippen LogP contribution in [0, 0.1) is 0 Å². The number of hydrogen-bond donors (Lipinski definition) is 2. The monoisotopic (exact) mass is 356 g/mol. The number of fused-ring (bicyclic) bond motifs is 2. The molecule has 3 N–H and O–H groups in total. The first kappa shape index (κ1) is 17.0. The maximum absolute atomic E-state index is 12.3. The van der Waals surface area contributed by atoms with Gasteiger partial charge in [-0.1, -0.05) is 67.6 Å². The predicted octanol–water partition coefficient (Wildman–Crippen LogP) is 4.17. The first-order valence-corrected chi connectivity index (χ1v) is 9.02. The highest BCUT2D eigenvalue weighted by atomic mass is 16.1. The summed E-state index contributed by atoms with van der Waals surface area (Å²) in [5.74, 6) is -0.292. The number of hydrogen-bond acceptors (Lipinski definition) is 4. The number of rotatable bonds is 4. The number of aromatic nitrogens is 2. The van der Waals surface area contributed by atoms with E-state index in [0.717, 1.165) is 33.7 Å². The lowest BCUT2D eigenvalue weighted by Crippen LogP contribution is -2.26. The number of anilines is 1. The van der Waals surface area contributed by atoms with Crippen molar-refractivity contribution in [2.24, 2.45) is 0 Å². The van der Waals surface area contributed by atoms with E-state index in [2.05, 4.69) is 39.8 Å². The number of carbonyl (C=O) groups is 1. The van der Waals surface area contributed by atoms with Crippen molar-refractivity contribution in [2.75, 3.05) is 12.3 Å². The summed E-state index contributed by atoms with van der Waals surface area (Å²) in [5.41, 5.74) is 9.52. The normalized spacial score (nSPS) is 11.0. The second-order valence-corrected chi connectivity index (χ2v) is 6.45. The largest absolute Gasteiger partial charge is 0.396 e. The smallest absolute Gasteiger partial charge is 0.273 e. The summed E-state index contributed by atoms with van der Waals surface area (Å²) in [6.07, 6.45) is 0.845. The van der Waals surface area contributed by atoms with Gasteiger partial charge in [-0.15, -0.1) is 10.2 Å². The number of nitrogens with one attached hydrogen (secondary N) is 1. The molecule has 0 saturated heterocycles. The fourth-order valence-corrected chi connectivity index (χ4v) is 3.32. The summed E-state index contributed by atoms with van der Waals surface area (Å²) in [7, 11) is 0. The Morgan fingerprint density at radius 2 is 1.63 bits per heavy atom. The number of carbonyl (C=O) groups excluding carboxylic acids is 1. The van der Waals surface area contributed by atoms with Gasteiger partial charge in [0.2, 0.25) is 0 Å². The fraction of sp³-hybridized carbons (Fsp3) is 0.136. The Morgan fingerprint density at radius 1 is 0.926 bits per heavy atom. The van der Waals surface area contributed by atoms with Crippen molar-refractivity contribution in [3.63, 3.8) is 0 Å². The molecule has 1 heterocycles. The Bertz CT molecular complexity index is 1150. The van der Waals surface area contributed by atoms with Gasteiger partial charge in [-0.2, -0.15) is 0 Å². The molecular weight excluding hydrogens is 336 g/mol. The van der Waals surface area contributed by atoms with Crippen molar-refractivity contribution in [3.8, 4) is 11.1 Å². The van der Waals surface area contributed by atoms with Crippen molar-refractivity contribution in [1.29, 1.82) is 0 Å². The fourth-order valence-electron chi connectivity index (χ4n) is 3.32. The Morgan fingerprint density at radius 3 is 2.48 bits per heavy atom. The first-order valence-electron chi connectivity index (χ1n) is 9.02. The molecule has 0 spiro atoms. The van der Waals surface area contributed by atoms with Crippen LogP contribution in [-0.4, -0.2) is 22.6 Å². The van der Waals surface area contributed by atoms with Crippen LogP contribution in [0.2, 0.25) is 0 Å². The van der Waals surface area contributed by atoms with E-state index in [-0.39, 0.29) is 11.6 Å². The summed E-state index contributed by atoms with van der Waals surface area (Å²) in [5, 5.41) is 14.3. The van der Waals surface area contributed by atoms with E-state index in [1.165, 1.54) is 0 Å². The van der Waals surface area contributed by atoms with E-state index < -0.39 is 0 Å². The zero-order valence-electron chi connectivity index (χ0n) is 15.1. The maximum atomic E-state index is 12.3. The highest BCUT2D eigenvalue weighted by Gasteiger charge is 2.17. The van der Waals surface area contributed by atoms with E-state index in [0.29, 0.717) is 17.7 Å². The lowest BCUT2D eigenvalue weighted by molar-refractivity contribution is 0.0949. The number of nitrogens with two attached hydrogens (primary N) is 1. The zero-order valence-corrected chi connectivity index (χ0v) is 15.1. The molecule has 4 aromatic rings. The van der Waals surface area contributed by atoms with Crippen molar-refractivity contribution in [3.05, 3.63) is 66.4 Å². The van der Waals surface area contributed by atoms with E-state index in [1.807, 2.05) is 43.3 Å². The van der Waals surface area contributed by atoms with Crippen molar-refractivity contribution in [1.82, 2.24) is 15.5 Å². The third-order valence-corrected chi connectivity index (χ3v) is 4.66. The van der Waals surface area contributed by atoms with Gasteiger partial charge in [0.05, 0.1) is 5.69 Å². The Labute approximate surface area is 157 Å². The molecule has 0 unspecified atom stereocenters. The van der Waals surface area contributed by atoms with Crippen LogP contribution in [0.3, 0.4) is 0 Å². The third kappa shape index (κ3) is 2.97. The molecule has 0 aliphatic heterocycles. The quantitative estimate of drug-likeness (QED) is 0.575. The van der Waals surface area contributed by atoms with Gasteiger partial charge in [0.15, 0.2) is 5.69 Å². The summed E-state index contributed by atoms with van der Waals surface area (Å²) in [6.45, 7) is 2.57. The maximum Gasteiger partial charge on any atom is 0.273 e. The van der Waals surface area contributed by atoms with Crippen LogP contribution < -0.4 is 11.1 Å². The lowest BCUT2D eigenvalue weighted by Gasteiger charge is -2.12. The van der Waals surface area contributed by atoms with Crippen molar-refractivity contribution >= 4 is 33.3 Å². The molecule has 0 aliphatic rings. The molecule has 1 amide bonds. The lowest BCUT2D eigenvalue weighted by atomic mass is 9.96. The summed E-state index contributed by atoms with van der Waals surface area (Å²) in [6, 6.07) is 20.2. The minimum absolute atomic E-state index is 0.172. The van der Waals surface area contributed by atoms with Crippen molar-refractivity contribution < 1.29 is 4.79 Å². The molecule has 5 nitrogen and oxygen atoms in total. The van der Waals surface area contributed by atoms with E-state index in [4.69, 9.17) is 5.73 Å². The molecule has 0 radical (unpaired) electrons. The minimum Gasteiger partial charge on any atom is -0.396 e.